The first-order valence-corrected chi connectivity index (χ1v) is 16.8. The number of rotatable bonds is 4. The van der Waals surface area contributed by atoms with E-state index < -0.39 is 0 Å². The molecule has 0 aliphatic heterocycles. The molecule has 0 aliphatic carbocycles. The zero-order valence-corrected chi connectivity index (χ0v) is 28.0. The van der Waals surface area contributed by atoms with Crippen molar-refractivity contribution in [3.8, 4) is 45.0 Å². The topological polar surface area (TPSA) is 51.6 Å². The van der Waals surface area contributed by atoms with Gasteiger partial charge in [0.1, 0.15) is 0 Å². The summed E-state index contributed by atoms with van der Waals surface area (Å²) < 4.78 is 0. The molecule has 0 saturated heterocycles. The van der Waals surface area contributed by atoms with Gasteiger partial charge in [-0.2, -0.15) is 0 Å². The van der Waals surface area contributed by atoms with Crippen LogP contribution in [-0.2, 0) is 0 Å². The average Bonchev–Trinajstić information content (AvgIpc) is 3.13. The summed E-state index contributed by atoms with van der Waals surface area (Å²) in [6, 6.07) is 46.1. The molecular formula is C42H23Cl3N4. The maximum absolute atomic E-state index is 6.78. The zero-order valence-electron chi connectivity index (χ0n) is 25.7. The monoisotopic (exact) mass is 688 g/mol. The summed E-state index contributed by atoms with van der Waals surface area (Å²) in [5.41, 5.74) is 10.2. The van der Waals surface area contributed by atoms with Gasteiger partial charge in [0.05, 0.1) is 44.8 Å². The minimum absolute atomic E-state index is 0.592. The molecule has 0 N–H and O–H groups in total. The van der Waals surface area contributed by atoms with Gasteiger partial charge in [-0.05, 0) is 66.7 Å². The Balaban J connectivity index is 1.16. The number of benzene rings is 5. The molecule has 0 radical (unpaired) electrons. The van der Waals surface area contributed by atoms with Crippen molar-refractivity contribution in [3.63, 3.8) is 0 Å². The van der Waals surface area contributed by atoms with Gasteiger partial charge in [-0.15, -0.1) is 0 Å². The third kappa shape index (κ3) is 5.54. The second-order valence-corrected chi connectivity index (χ2v) is 13.3. The highest BCUT2D eigenvalue weighted by molar-refractivity contribution is 6.31. The second-order valence-electron chi connectivity index (χ2n) is 12.0. The number of pyridine rings is 4. The molecule has 0 atom stereocenters. The summed E-state index contributed by atoms with van der Waals surface area (Å²) in [7, 11) is 0. The SMILES string of the molecule is Clc1cccc(-c2ccc3ccc4ccc(-c5cc(Cl)cc(-c6ccc7ccc8ccc(-c9cccc(Cl)c9)nc8c7n6)c5)nc4c3n2)c1. The van der Waals surface area contributed by atoms with Crippen molar-refractivity contribution >= 4 is 78.4 Å². The molecule has 4 aromatic heterocycles. The highest BCUT2D eigenvalue weighted by Gasteiger charge is 2.13. The highest BCUT2D eigenvalue weighted by Crippen LogP contribution is 2.34. The van der Waals surface area contributed by atoms with Gasteiger partial charge in [-0.3, -0.25) is 0 Å². The van der Waals surface area contributed by atoms with Gasteiger partial charge < -0.3 is 0 Å². The molecule has 4 nitrogen and oxygen atoms in total. The fraction of sp³-hybridized carbons (Fsp3) is 0. The molecule has 0 unspecified atom stereocenters. The van der Waals surface area contributed by atoms with Crippen LogP contribution in [0.2, 0.25) is 15.1 Å². The quantitative estimate of drug-likeness (QED) is 0.173. The maximum Gasteiger partial charge on any atom is 0.0972 e. The predicted molar refractivity (Wildman–Crippen MR) is 204 cm³/mol. The number of aromatic nitrogens is 4. The molecule has 4 heterocycles. The molecule has 0 aliphatic rings. The van der Waals surface area contributed by atoms with Gasteiger partial charge in [-0.1, -0.05) is 108 Å². The molecule has 0 spiro atoms. The third-order valence-electron chi connectivity index (χ3n) is 8.77. The number of halogens is 3. The van der Waals surface area contributed by atoms with Gasteiger partial charge in [0.25, 0.3) is 0 Å². The molecular weight excluding hydrogens is 667 g/mol. The van der Waals surface area contributed by atoms with Crippen LogP contribution < -0.4 is 0 Å². The van der Waals surface area contributed by atoms with E-state index in [2.05, 4.69) is 54.6 Å². The maximum atomic E-state index is 6.78. The van der Waals surface area contributed by atoms with E-state index in [4.69, 9.17) is 54.7 Å². The van der Waals surface area contributed by atoms with Gasteiger partial charge in [0.15, 0.2) is 0 Å². The lowest BCUT2D eigenvalue weighted by Crippen LogP contribution is -1.93. The molecule has 0 fully saturated rings. The lowest BCUT2D eigenvalue weighted by Gasteiger charge is -2.11. The standard InChI is InChI=1S/C42H23Cl3N4/c43-32-5-1-3-28(20-32)35-15-11-24-7-9-26-13-17-37(48-41(26)39(24)46-35)30-19-31(23-34(45)22-30)38-18-14-27-10-8-25-12-16-36(47-40(25)42(27)49-38)29-4-2-6-33(44)21-29/h1-23H. The second kappa shape index (κ2) is 11.9. The Morgan fingerprint density at radius 2 is 0.592 bits per heavy atom. The normalized spacial score (nSPS) is 11.6. The van der Waals surface area contributed by atoms with Crippen LogP contribution in [-0.4, -0.2) is 19.9 Å². The van der Waals surface area contributed by atoms with Crippen molar-refractivity contribution in [2.75, 3.05) is 0 Å². The van der Waals surface area contributed by atoms with Crippen molar-refractivity contribution in [2.24, 2.45) is 0 Å². The summed E-state index contributed by atoms with van der Waals surface area (Å²) in [6.45, 7) is 0. The van der Waals surface area contributed by atoms with Crippen LogP contribution in [0.5, 0.6) is 0 Å². The number of hydrogen-bond donors (Lipinski definition) is 0. The Labute approximate surface area is 296 Å². The summed E-state index contributed by atoms with van der Waals surface area (Å²) in [5.74, 6) is 0. The van der Waals surface area contributed by atoms with Crippen LogP contribution >= 0.6 is 34.8 Å². The van der Waals surface area contributed by atoms with E-state index in [1.165, 1.54) is 0 Å². The Bertz CT molecular complexity index is 2590. The third-order valence-corrected chi connectivity index (χ3v) is 9.46. The van der Waals surface area contributed by atoms with E-state index in [-0.39, 0.29) is 0 Å². The van der Waals surface area contributed by atoms with Gasteiger partial charge >= 0.3 is 0 Å². The summed E-state index contributed by atoms with van der Waals surface area (Å²) in [4.78, 5) is 20.4. The molecule has 0 amide bonds. The lowest BCUT2D eigenvalue weighted by molar-refractivity contribution is 1.35. The Morgan fingerprint density at radius 3 is 0.939 bits per heavy atom. The predicted octanol–water partition coefficient (Wildman–Crippen LogP) is 12.5. The lowest BCUT2D eigenvalue weighted by atomic mass is 10.0. The first-order chi connectivity index (χ1) is 23.9. The van der Waals surface area contributed by atoms with Crippen molar-refractivity contribution < 1.29 is 0 Å². The molecule has 7 heteroatoms. The molecule has 9 rings (SSSR count). The molecule has 9 aromatic rings. The Morgan fingerprint density at radius 1 is 0.286 bits per heavy atom. The van der Waals surface area contributed by atoms with E-state index in [1.54, 1.807) is 0 Å². The summed E-state index contributed by atoms with van der Waals surface area (Å²) in [6.07, 6.45) is 0. The molecule has 49 heavy (non-hydrogen) atoms. The largest absolute Gasteiger partial charge is 0.245 e. The average molecular weight is 690 g/mol. The minimum Gasteiger partial charge on any atom is -0.245 e. The van der Waals surface area contributed by atoms with Crippen molar-refractivity contribution in [1.82, 2.24) is 19.9 Å². The first-order valence-electron chi connectivity index (χ1n) is 15.7. The number of hydrogen-bond acceptors (Lipinski definition) is 4. The summed E-state index contributed by atoms with van der Waals surface area (Å²) >= 11 is 19.4. The molecule has 0 saturated carbocycles. The van der Waals surface area contributed by atoms with Crippen LogP contribution in [0, 0.1) is 0 Å². The Kier molecular flexibility index (Phi) is 7.24. The van der Waals surface area contributed by atoms with Crippen molar-refractivity contribution in [3.05, 3.63) is 155 Å². The van der Waals surface area contributed by atoms with E-state index >= 15 is 0 Å². The van der Waals surface area contributed by atoms with Crippen LogP contribution in [0.25, 0.3) is 88.6 Å². The molecule has 232 valence electrons. The van der Waals surface area contributed by atoms with Crippen LogP contribution in [0.15, 0.2) is 140 Å². The fourth-order valence-corrected chi connectivity index (χ4v) is 6.98. The molecule has 5 aromatic carbocycles. The zero-order chi connectivity index (χ0) is 33.1. The van der Waals surface area contributed by atoms with E-state index in [1.807, 2.05) is 84.9 Å². The highest BCUT2D eigenvalue weighted by atomic mass is 35.5. The van der Waals surface area contributed by atoms with Gasteiger partial charge in [0.2, 0.25) is 0 Å². The van der Waals surface area contributed by atoms with Crippen LogP contribution in [0.3, 0.4) is 0 Å². The van der Waals surface area contributed by atoms with Crippen molar-refractivity contribution in [1.29, 1.82) is 0 Å². The minimum atomic E-state index is 0.592. The van der Waals surface area contributed by atoms with E-state index in [0.29, 0.717) is 15.1 Å². The van der Waals surface area contributed by atoms with Crippen LogP contribution in [0.4, 0.5) is 0 Å². The number of fused-ring (bicyclic) bond motifs is 6. The van der Waals surface area contributed by atoms with E-state index in [0.717, 1.165) is 88.6 Å². The number of nitrogens with zero attached hydrogens (tertiary/aromatic N) is 4. The van der Waals surface area contributed by atoms with Gasteiger partial charge in [0, 0.05) is 58.9 Å². The summed E-state index contributed by atoms with van der Waals surface area (Å²) in [5, 5.41) is 5.95. The van der Waals surface area contributed by atoms with E-state index in [9.17, 15) is 0 Å². The fourth-order valence-electron chi connectivity index (χ4n) is 6.36. The van der Waals surface area contributed by atoms with Crippen molar-refractivity contribution in [2.45, 2.75) is 0 Å². The smallest absolute Gasteiger partial charge is 0.0972 e. The molecule has 0 bridgehead atoms. The van der Waals surface area contributed by atoms with Crippen LogP contribution in [0.1, 0.15) is 0 Å². The first kappa shape index (κ1) is 29.7. The van der Waals surface area contributed by atoms with Gasteiger partial charge in [-0.25, -0.2) is 19.9 Å². The Hall–Kier alpha value is -5.39.